The molecule has 0 aliphatic rings. The van der Waals surface area contributed by atoms with Crippen LogP contribution in [0.4, 0.5) is 4.39 Å². The second-order valence-corrected chi connectivity index (χ2v) is 7.75. The molecule has 30 heavy (non-hydrogen) atoms. The van der Waals surface area contributed by atoms with Crippen molar-refractivity contribution in [3.63, 3.8) is 0 Å². The Hall–Kier alpha value is -3.58. The van der Waals surface area contributed by atoms with Gasteiger partial charge in [-0.2, -0.15) is 5.10 Å². The molecule has 2 aromatic heterocycles. The maximum Gasteiger partial charge on any atom is 0.244 e. The zero-order valence-corrected chi connectivity index (χ0v) is 16.8. The monoisotopic (exact) mass is 418 g/mol. The van der Waals surface area contributed by atoms with Crippen molar-refractivity contribution in [2.45, 2.75) is 12.6 Å². The van der Waals surface area contributed by atoms with Crippen molar-refractivity contribution in [1.82, 2.24) is 20.1 Å². The van der Waals surface area contributed by atoms with Crippen LogP contribution in [0.5, 0.6) is 0 Å². The molecule has 7 heteroatoms. The fourth-order valence-electron chi connectivity index (χ4n) is 3.02. The van der Waals surface area contributed by atoms with Crippen LogP contribution in [0.3, 0.4) is 0 Å². The molecule has 0 saturated heterocycles. The number of benzene rings is 2. The third kappa shape index (κ3) is 5.07. The van der Waals surface area contributed by atoms with E-state index < -0.39 is 0 Å². The molecular formula is C23H19FN4OS. The van der Waals surface area contributed by atoms with Crippen LogP contribution in [0.25, 0.3) is 16.5 Å². The maximum absolute atomic E-state index is 13.1. The standard InChI is InChI=1S/C23H19FN4OS/c24-19-8-6-18(7-9-19)22-12-10-20(30-22)11-13-23(29)27-21(14-28-16-25-15-26-28)17-4-2-1-3-5-17/h1-13,15-16,21H,14H2,(H,27,29)/b13-11+. The van der Waals surface area contributed by atoms with Gasteiger partial charge in [0.15, 0.2) is 0 Å². The SMILES string of the molecule is O=C(/C=C/c1ccc(-c2ccc(F)cc2)s1)NC(Cn1cncn1)c1ccccc1. The van der Waals surface area contributed by atoms with Crippen LogP contribution >= 0.6 is 11.3 Å². The highest BCUT2D eigenvalue weighted by Crippen LogP contribution is 2.29. The lowest BCUT2D eigenvalue weighted by Gasteiger charge is -2.18. The molecule has 1 N–H and O–H groups in total. The highest BCUT2D eigenvalue weighted by molar-refractivity contribution is 7.16. The third-order valence-corrected chi connectivity index (χ3v) is 5.61. The Bertz CT molecular complexity index is 1120. The normalized spacial score (nSPS) is 12.2. The van der Waals surface area contributed by atoms with E-state index in [2.05, 4.69) is 15.4 Å². The van der Waals surface area contributed by atoms with Crippen LogP contribution < -0.4 is 5.32 Å². The van der Waals surface area contributed by atoms with Crippen LogP contribution in [0.15, 0.2) is 85.5 Å². The number of thiophene rings is 1. The van der Waals surface area contributed by atoms with E-state index in [9.17, 15) is 9.18 Å². The van der Waals surface area contributed by atoms with Gasteiger partial charge in [0, 0.05) is 15.8 Å². The topological polar surface area (TPSA) is 59.8 Å². The summed E-state index contributed by atoms with van der Waals surface area (Å²) in [6.45, 7) is 0.483. The van der Waals surface area contributed by atoms with E-state index in [0.29, 0.717) is 6.54 Å². The lowest BCUT2D eigenvalue weighted by atomic mass is 10.1. The third-order valence-electron chi connectivity index (χ3n) is 4.51. The largest absolute Gasteiger partial charge is 0.344 e. The van der Waals surface area contributed by atoms with E-state index in [1.807, 2.05) is 42.5 Å². The van der Waals surface area contributed by atoms with Gasteiger partial charge in [0.05, 0.1) is 12.6 Å². The molecule has 0 aliphatic heterocycles. The van der Waals surface area contributed by atoms with Crippen LogP contribution in [0, 0.1) is 5.82 Å². The minimum Gasteiger partial charge on any atom is -0.344 e. The number of amides is 1. The van der Waals surface area contributed by atoms with Crippen LogP contribution in [-0.4, -0.2) is 20.7 Å². The zero-order valence-electron chi connectivity index (χ0n) is 16.0. The smallest absolute Gasteiger partial charge is 0.244 e. The molecular weight excluding hydrogens is 399 g/mol. The van der Waals surface area contributed by atoms with Crippen molar-refractivity contribution in [3.05, 3.63) is 102 Å². The molecule has 4 aromatic rings. The van der Waals surface area contributed by atoms with Gasteiger partial charge in [-0.15, -0.1) is 11.3 Å². The first-order chi connectivity index (χ1) is 14.7. The number of aromatic nitrogens is 3. The Balaban J connectivity index is 1.44. The van der Waals surface area contributed by atoms with Gasteiger partial charge >= 0.3 is 0 Å². The van der Waals surface area contributed by atoms with Gasteiger partial charge in [0.25, 0.3) is 0 Å². The van der Waals surface area contributed by atoms with E-state index in [-0.39, 0.29) is 17.8 Å². The Kier molecular flexibility index (Phi) is 6.10. The first-order valence-corrected chi connectivity index (χ1v) is 10.2. The summed E-state index contributed by atoms with van der Waals surface area (Å²) in [5, 5.41) is 7.17. The summed E-state index contributed by atoms with van der Waals surface area (Å²) in [6.07, 6.45) is 6.40. The molecule has 0 saturated carbocycles. The minimum absolute atomic E-state index is 0.194. The summed E-state index contributed by atoms with van der Waals surface area (Å²) >= 11 is 1.54. The lowest BCUT2D eigenvalue weighted by Crippen LogP contribution is -2.30. The van der Waals surface area contributed by atoms with E-state index in [1.54, 1.807) is 40.6 Å². The van der Waals surface area contributed by atoms with Gasteiger partial charge < -0.3 is 5.32 Å². The molecule has 1 atom stereocenters. The summed E-state index contributed by atoms with van der Waals surface area (Å²) in [5.74, 6) is -0.452. The van der Waals surface area contributed by atoms with E-state index in [0.717, 1.165) is 20.9 Å². The number of rotatable bonds is 7. The second kappa shape index (κ2) is 9.28. The molecule has 150 valence electrons. The summed E-state index contributed by atoms with van der Waals surface area (Å²) in [4.78, 5) is 18.5. The molecule has 1 amide bonds. The molecule has 2 heterocycles. The van der Waals surface area contributed by atoms with E-state index >= 15 is 0 Å². The highest BCUT2D eigenvalue weighted by atomic mass is 32.1. The first kappa shape index (κ1) is 19.7. The van der Waals surface area contributed by atoms with Crippen molar-refractivity contribution in [2.24, 2.45) is 0 Å². The number of carbonyl (C=O) groups is 1. The zero-order chi connectivity index (χ0) is 20.8. The minimum atomic E-state index is -0.258. The predicted molar refractivity (Wildman–Crippen MR) is 116 cm³/mol. The summed E-state index contributed by atoms with van der Waals surface area (Å²) in [6, 6.07) is 19.8. The van der Waals surface area contributed by atoms with Crippen LogP contribution in [-0.2, 0) is 11.3 Å². The van der Waals surface area contributed by atoms with Crippen molar-refractivity contribution in [2.75, 3.05) is 0 Å². The molecule has 2 aromatic carbocycles. The molecule has 0 fully saturated rings. The highest BCUT2D eigenvalue weighted by Gasteiger charge is 2.14. The van der Waals surface area contributed by atoms with Crippen molar-refractivity contribution in [3.8, 4) is 10.4 Å². The molecule has 1 unspecified atom stereocenters. The maximum atomic E-state index is 13.1. The molecule has 0 aliphatic carbocycles. The summed E-state index contributed by atoms with van der Waals surface area (Å²) in [7, 11) is 0. The fourth-order valence-corrected chi connectivity index (χ4v) is 3.94. The molecule has 5 nitrogen and oxygen atoms in total. The lowest BCUT2D eigenvalue weighted by molar-refractivity contribution is -0.117. The van der Waals surface area contributed by atoms with Gasteiger partial charge in [0.2, 0.25) is 5.91 Å². The average Bonchev–Trinajstić information content (AvgIpc) is 3.45. The number of hydrogen-bond acceptors (Lipinski definition) is 4. The van der Waals surface area contributed by atoms with Crippen molar-refractivity contribution >= 4 is 23.3 Å². The van der Waals surface area contributed by atoms with Gasteiger partial charge in [-0.1, -0.05) is 42.5 Å². The molecule has 0 radical (unpaired) electrons. The second-order valence-electron chi connectivity index (χ2n) is 6.63. The molecule has 0 spiro atoms. The van der Waals surface area contributed by atoms with Crippen molar-refractivity contribution in [1.29, 1.82) is 0 Å². The Morgan fingerprint density at radius 1 is 1.10 bits per heavy atom. The summed E-state index contributed by atoms with van der Waals surface area (Å²) in [5.41, 5.74) is 1.94. The van der Waals surface area contributed by atoms with Gasteiger partial charge in [-0.3, -0.25) is 9.48 Å². The Morgan fingerprint density at radius 2 is 1.90 bits per heavy atom. The Morgan fingerprint density at radius 3 is 2.63 bits per heavy atom. The fraction of sp³-hybridized carbons (Fsp3) is 0.0870. The summed E-state index contributed by atoms with van der Waals surface area (Å²) < 4.78 is 14.8. The van der Waals surface area contributed by atoms with E-state index in [1.165, 1.54) is 24.5 Å². The number of hydrogen-bond donors (Lipinski definition) is 1. The van der Waals surface area contributed by atoms with Crippen LogP contribution in [0.2, 0.25) is 0 Å². The van der Waals surface area contributed by atoms with Gasteiger partial charge in [-0.25, -0.2) is 9.37 Å². The Labute approximate surface area is 177 Å². The quantitative estimate of drug-likeness (QED) is 0.442. The number of carbonyl (C=O) groups excluding carboxylic acids is 1. The predicted octanol–water partition coefficient (Wildman–Crippen LogP) is 4.72. The first-order valence-electron chi connectivity index (χ1n) is 9.39. The van der Waals surface area contributed by atoms with Crippen LogP contribution in [0.1, 0.15) is 16.5 Å². The van der Waals surface area contributed by atoms with Gasteiger partial charge in [0.1, 0.15) is 18.5 Å². The van der Waals surface area contributed by atoms with E-state index in [4.69, 9.17) is 0 Å². The van der Waals surface area contributed by atoms with Gasteiger partial charge in [-0.05, 0) is 41.5 Å². The number of nitrogens with one attached hydrogen (secondary N) is 1. The van der Waals surface area contributed by atoms with Crippen molar-refractivity contribution < 1.29 is 9.18 Å². The number of halogens is 1. The number of nitrogens with zero attached hydrogens (tertiary/aromatic N) is 3. The molecule has 4 rings (SSSR count). The molecule has 0 bridgehead atoms. The average molecular weight is 418 g/mol.